The maximum atomic E-state index is 11.0. The Bertz CT molecular complexity index is 767. The number of carbonyl (C=O) groups is 1. The van der Waals surface area contributed by atoms with Crippen molar-refractivity contribution in [2.75, 3.05) is 38.2 Å². The molecule has 6 nitrogen and oxygen atoms in total. The molecule has 2 N–H and O–H groups in total. The highest BCUT2D eigenvalue weighted by Gasteiger charge is 2.23. The molecule has 1 amide bonds. The molecule has 0 aliphatic carbocycles. The lowest BCUT2D eigenvalue weighted by Crippen LogP contribution is -2.43. The number of aliphatic hydroxyl groups excluding tert-OH is 1. The van der Waals surface area contributed by atoms with Gasteiger partial charge in [-0.15, -0.1) is 0 Å². The van der Waals surface area contributed by atoms with Crippen LogP contribution >= 0.6 is 11.6 Å². The number of benzene rings is 2. The Kier molecular flexibility index (Phi) is 7.28. The van der Waals surface area contributed by atoms with E-state index < -0.39 is 6.10 Å². The lowest BCUT2D eigenvalue weighted by molar-refractivity contribution is -0.114. The Morgan fingerprint density at radius 3 is 2.68 bits per heavy atom. The first-order valence-electron chi connectivity index (χ1n) is 9.27. The molecule has 0 radical (unpaired) electrons. The number of β-amino-alcohol motifs (C(OH)–C–C–N with tert-alkyl or cyclic N) is 1. The number of nitrogens with one attached hydrogen (secondary N) is 1. The first kappa shape index (κ1) is 20.6. The Morgan fingerprint density at radius 1 is 1.29 bits per heavy atom. The van der Waals surface area contributed by atoms with Crippen LogP contribution in [0.3, 0.4) is 0 Å². The molecule has 1 aliphatic rings. The third kappa shape index (κ3) is 6.21. The van der Waals surface area contributed by atoms with E-state index in [1.165, 1.54) is 6.92 Å². The van der Waals surface area contributed by atoms with Crippen molar-refractivity contribution in [1.82, 2.24) is 4.90 Å². The number of anilines is 1. The van der Waals surface area contributed by atoms with Gasteiger partial charge in [0.25, 0.3) is 0 Å². The molecule has 1 fully saturated rings. The number of rotatable bonds is 7. The smallest absolute Gasteiger partial charge is 0.221 e. The molecule has 7 heteroatoms. The van der Waals surface area contributed by atoms with Crippen molar-refractivity contribution < 1.29 is 19.4 Å². The zero-order valence-electron chi connectivity index (χ0n) is 15.8. The second-order valence-electron chi connectivity index (χ2n) is 6.84. The average Bonchev–Trinajstić information content (AvgIpc) is 2.68. The number of nitrogens with zero attached hydrogens (tertiary/aromatic N) is 1. The topological polar surface area (TPSA) is 71.0 Å². The van der Waals surface area contributed by atoms with Crippen LogP contribution in [-0.2, 0) is 9.53 Å². The molecule has 1 aliphatic heterocycles. The minimum Gasteiger partial charge on any atom is -0.491 e. The molecule has 0 aromatic heterocycles. The molecular weight excluding hydrogens is 380 g/mol. The van der Waals surface area contributed by atoms with Crippen molar-refractivity contribution in [3.8, 4) is 5.75 Å². The number of ether oxygens (including phenoxy) is 2. The lowest BCUT2D eigenvalue weighted by Gasteiger charge is -2.34. The summed E-state index contributed by atoms with van der Waals surface area (Å²) < 4.78 is 11.5. The monoisotopic (exact) mass is 404 g/mol. The summed E-state index contributed by atoms with van der Waals surface area (Å²) in [7, 11) is 0. The molecule has 1 saturated heterocycles. The highest BCUT2D eigenvalue weighted by Crippen LogP contribution is 2.24. The van der Waals surface area contributed by atoms with Crippen LogP contribution in [0.1, 0.15) is 18.6 Å². The van der Waals surface area contributed by atoms with Crippen molar-refractivity contribution in [3.05, 3.63) is 59.1 Å². The van der Waals surface area contributed by atoms with Crippen molar-refractivity contribution in [2.24, 2.45) is 0 Å². The van der Waals surface area contributed by atoms with Crippen molar-refractivity contribution in [1.29, 1.82) is 0 Å². The van der Waals surface area contributed by atoms with E-state index in [-0.39, 0.29) is 18.6 Å². The van der Waals surface area contributed by atoms with Gasteiger partial charge in [0.1, 0.15) is 18.5 Å². The Balaban J connectivity index is 1.45. The fourth-order valence-electron chi connectivity index (χ4n) is 3.13. The van der Waals surface area contributed by atoms with Gasteiger partial charge in [-0.1, -0.05) is 23.7 Å². The van der Waals surface area contributed by atoms with Crippen LogP contribution in [0.4, 0.5) is 5.69 Å². The van der Waals surface area contributed by atoms with Gasteiger partial charge in [0.15, 0.2) is 0 Å². The standard InChI is InChI=1S/C21H25ClN2O4/c1-15(25)23-18-6-8-20(9-7-18)28-14-19(26)12-24-10-11-27-21(13-24)16-2-4-17(22)5-3-16/h2-9,19,21,26H,10-14H2,1H3,(H,23,25)/t19-,21+/m1/s1. The SMILES string of the molecule is CC(=O)Nc1ccc(OC[C@H](O)CN2CCO[C@H](c3ccc(Cl)cc3)C2)cc1. The third-order valence-corrected chi connectivity index (χ3v) is 4.73. The van der Waals surface area contributed by atoms with Gasteiger partial charge < -0.3 is 19.9 Å². The van der Waals surface area contributed by atoms with Crippen molar-refractivity contribution in [3.63, 3.8) is 0 Å². The number of hydrogen-bond donors (Lipinski definition) is 2. The summed E-state index contributed by atoms with van der Waals surface area (Å²) in [6.07, 6.45) is -0.639. The van der Waals surface area contributed by atoms with Gasteiger partial charge in [0.05, 0.1) is 12.7 Å². The number of halogens is 1. The van der Waals surface area contributed by atoms with Gasteiger partial charge in [0, 0.05) is 37.3 Å². The number of hydrogen-bond acceptors (Lipinski definition) is 5. The van der Waals surface area contributed by atoms with Crippen LogP contribution in [-0.4, -0.2) is 54.9 Å². The van der Waals surface area contributed by atoms with Crippen LogP contribution in [0.25, 0.3) is 0 Å². The molecule has 150 valence electrons. The van der Waals surface area contributed by atoms with Crippen LogP contribution < -0.4 is 10.1 Å². The maximum absolute atomic E-state index is 11.0. The van der Waals surface area contributed by atoms with Gasteiger partial charge in [-0.2, -0.15) is 0 Å². The number of carbonyl (C=O) groups excluding carboxylic acids is 1. The van der Waals surface area contributed by atoms with Crippen LogP contribution in [0.5, 0.6) is 5.75 Å². The van der Waals surface area contributed by atoms with E-state index >= 15 is 0 Å². The molecule has 1 heterocycles. The highest BCUT2D eigenvalue weighted by atomic mass is 35.5. The first-order valence-corrected chi connectivity index (χ1v) is 9.65. The molecule has 0 saturated carbocycles. The molecule has 28 heavy (non-hydrogen) atoms. The summed E-state index contributed by atoms with van der Waals surface area (Å²) in [4.78, 5) is 13.2. The van der Waals surface area contributed by atoms with Gasteiger partial charge in [-0.05, 0) is 42.0 Å². The van der Waals surface area contributed by atoms with Crippen LogP contribution in [0.2, 0.25) is 5.02 Å². The van der Waals surface area contributed by atoms with Gasteiger partial charge in [-0.3, -0.25) is 9.69 Å². The van der Waals surface area contributed by atoms with Crippen molar-refractivity contribution >= 4 is 23.2 Å². The molecule has 0 bridgehead atoms. The highest BCUT2D eigenvalue weighted by molar-refractivity contribution is 6.30. The fourth-order valence-corrected chi connectivity index (χ4v) is 3.25. The molecule has 3 rings (SSSR count). The third-order valence-electron chi connectivity index (χ3n) is 4.48. The second kappa shape index (κ2) is 9.89. The first-order chi connectivity index (χ1) is 13.5. The Labute approximate surface area is 170 Å². The zero-order valence-corrected chi connectivity index (χ0v) is 16.6. The van der Waals surface area contributed by atoms with E-state index in [0.717, 1.165) is 12.1 Å². The summed E-state index contributed by atoms with van der Waals surface area (Å²) in [6, 6.07) is 14.7. The second-order valence-corrected chi connectivity index (χ2v) is 7.28. The van der Waals surface area contributed by atoms with Gasteiger partial charge >= 0.3 is 0 Å². The molecular formula is C21H25ClN2O4. The van der Waals surface area contributed by atoms with E-state index in [1.54, 1.807) is 24.3 Å². The summed E-state index contributed by atoms with van der Waals surface area (Å²) in [5.41, 5.74) is 1.79. The molecule has 2 aromatic rings. The number of amides is 1. The molecule has 0 spiro atoms. The molecule has 2 atom stereocenters. The predicted octanol–water partition coefficient (Wildman–Crippen LogP) is 3.11. The Hall–Kier alpha value is -2.12. The van der Waals surface area contributed by atoms with E-state index in [4.69, 9.17) is 21.1 Å². The van der Waals surface area contributed by atoms with Crippen LogP contribution in [0.15, 0.2) is 48.5 Å². The minimum absolute atomic E-state index is 0.0274. The average molecular weight is 405 g/mol. The van der Waals surface area contributed by atoms with E-state index in [1.807, 2.05) is 24.3 Å². The van der Waals surface area contributed by atoms with Crippen LogP contribution in [0, 0.1) is 0 Å². The quantitative estimate of drug-likeness (QED) is 0.742. The molecule has 2 aromatic carbocycles. The Morgan fingerprint density at radius 2 is 2.00 bits per heavy atom. The largest absolute Gasteiger partial charge is 0.491 e. The van der Waals surface area contributed by atoms with Gasteiger partial charge in [-0.25, -0.2) is 0 Å². The van der Waals surface area contributed by atoms with Crippen molar-refractivity contribution in [2.45, 2.75) is 19.1 Å². The van der Waals surface area contributed by atoms with Gasteiger partial charge in [0.2, 0.25) is 5.91 Å². The van der Waals surface area contributed by atoms with E-state index in [9.17, 15) is 9.90 Å². The number of aliphatic hydroxyl groups is 1. The predicted molar refractivity (Wildman–Crippen MR) is 109 cm³/mol. The summed E-state index contributed by atoms with van der Waals surface area (Å²) in [6.45, 7) is 4.27. The summed E-state index contributed by atoms with van der Waals surface area (Å²) in [5.74, 6) is 0.528. The molecule has 0 unspecified atom stereocenters. The summed E-state index contributed by atoms with van der Waals surface area (Å²) in [5, 5.41) is 13.8. The van der Waals surface area contributed by atoms with E-state index in [2.05, 4.69) is 10.2 Å². The van der Waals surface area contributed by atoms with E-state index in [0.29, 0.717) is 36.2 Å². The maximum Gasteiger partial charge on any atom is 0.221 e. The number of morpholine rings is 1. The zero-order chi connectivity index (χ0) is 19.9. The fraction of sp³-hybridized carbons (Fsp3) is 0.381. The minimum atomic E-state index is -0.612. The lowest BCUT2D eigenvalue weighted by atomic mass is 10.1. The normalized spacial score (nSPS) is 18.5. The summed E-state index contributed by atoms with van der Waals surface area (Å²) >= 11 is 5.95.